The summed E-state index contributed by atoms with van der Waals surface area (Å²) < 4.78 is 28.3. The topological polar surface area (TPSA) is 71.4 Å². The largest absolute Gasteiger partial charge is 0.348 e. The Balaban J connectivity index is 1.85. The van der Waals surface area contributed by atoms with Gasteiger partial charge in [0.1, 0.15) is 0 Å². The average Bonchev–Trinajstić information content (AvgIpc) is 3.01. The summed E-state index contributed by atoms with van der Waals surface area (Å²) >= 11 is 0. The maximum absolute atomic E-state index is 12.8. The Labute approximate surface area is 171 Å². The van der Waals surface area contributed by atoms with Crippen LogP contribution in [0, 0.1) is 13.8 Å². The Morgan fingerprint density at radius 2 is 1.62 bits per heavy atom. The van der Waals surface area contributed by atoms with Crippen molar-refractivity contribution in [1.82, 2.24) is 14.2 Å². The van der Waals surface area contributed by atoms with Gasteiger partial charge in [0.05, 0.1) is 10.5 Å². The minimum Gasteiger partial charge on any atom is -0.348 e. The van der Waals surface area contributed by atoms with Crippen molar-refractivity contribution in [3.05, 3.63) is 83.2 Å². The van der Waals surface area contributed by atoms with Gasteiger partial charge in [-0.2, -0.15) is 0 Å². The van der Waals surface area contributed by atoms with Gasteiger partial charge in [-0.3, -0.25) is 4.79 Å². The van der Waals surface area contributed by atoms with Crippen molar-refractivity contribution in [3.63, 3.8) is 0 Å². The van der Waals surface area contributed by atoms with Crippen molar-refractivity contribution in [1.29, 1.82) is 0 Å². The molecule has 1 amide bonds. The van der Waals surface area contributed by atoms with Crippen molar-refractivity contribution in [3.8, 4) is 5.69 Å². The third-order valence-corrected chi connectivity index (χ3v) is 6.78. The third-order valence-electron chi connectivity index (χ3n) is 4.86. The fourth-order valence-corrected chi connectivity index (χ4v) is 4.45. The Morgan fingerprint density at radius 1 is 1.00 bits per heavy atom. The van der Waals surface area contributed by atoms with E-state index in [0.29, 0.717) is 11.1 Å². The second-order valence-electron chi connectivity index (χ2n) is 7.03. The second kappa shape index (κ2) is 8.23. The molecule has 3 rings (SSSR count). The number of aryl methyl sites for hydroxylation is 1. The minimum absolute atomic E-state index is 0.122. The molecule has 0 atom stereocenters. The lowest BCUT2D eigenvalue weighted by atomic mass is 10.2. The summed E-state index contributed by atoms with van der Waals surface area (Å²) in [7, 11) is -0.611. The molecule has 7 heteroatoms. The van der Waals surface area contributed by atoms with Crippen molar-refractivity contribution in [2.24, 2.45) is 0 Å². The number of carbonyl (C=O) groups is 1. The molecule has 1 heterocycles. The van der Waals surface area contributed by atoms with Crippen LogP contribution in [-0.4, -0.2) is 37.3 Å². The molecule has 2 aromatic carbocycles. The van der Waals surface area contributed by atoms with Gasteiger partial charge in [0, 0.05) is 37.7 Å². The number of nitrogens with zero attached hydrogens (tertiary/aromatic N) is 2. The summed E-state index contributed by atoms with van der Waals surface area (Å²) in [5, 5.41) is 2.86. The number of carbonyl (C=O) groups excluding carboxylic acids is 1. The monoisotopic (exact) mass is 411 g/mol. The molecule has 0 radical (unpaired) electrons. The Hall–Kier alpha value is -2.90. The highest BCUT2D eigenvalue weighted by atomic mass is 32.2. The highest BCUT2D eigenvalue weighted by Crippen LogP contribution is 2.22. The molecule has 0 aliphatic carbocycles. The zero-order chi connectivity index (χ0) is 21.2. The van der Waals surface area contributed by atoms with Gasteiger partial charge in [0.25, 0.3) is 5.91 Å². The fourth-order valence-electron chi connectivity index (χ4n) is 3.34. The van der Waals surface area contributed by atoms with E-state index in [9.17, 15) is 13.2 Å². The molecule has 29 heavy (non-hydrogen) atoms. The summed E-state index contributed by atoms with van der Waals surface area (Å²) in [5.41, 5.74) is 3.89. The highest BCUT2D eigenvalue weighted by molar-refractivity contribution is 7.89. The van der Waals surface area contributed by atoms with Crippen LogP contribution in [0.2, 0.25) is 0 Å². The van der Waals surface area contributed by atoms with Crippen LogP contribution < -0.4 is 5.32 Å². The standard InChI is InChI=1S/C22H25N3O3S/c1-16-14-20(17(2)25(16)19-11-6-5-7-12-19)22(26)23-15-18-10-8-9-13-21(18)29(27,28)24(3)4/h5-14H,15H2,1-4H3,(H,23,26). The van der Waals surface area contributed by atoms with E-state index in [-0.39, 0.29) is 17.3 Å². The van der Waals surface area contributed by atoms with Crippen LogP contribution in [0.3, 0.4) is 0 Å². The van der Waals surface area contributed by atoms with E-state index < -0.39 is 10.0 Å². The average molecular weight is 412 g/mol. The Morgan fingerprint density at radius 3 is 2.28 bits per heavy atom. The van der Waals surface area contributed by atoms with Gasteiger partial charge in [0.15, 0.2) is 0 Å². The molecule has 0 unspecified atom stereocenters. The van der Waals surface area contributed by atoms with E-state index >= 15 is 0 Å². The molecule has 6 nitrogen and oxygen atoms in total. The summed E-state index contributed by atoms with van der Waals surface area (Å²) in [6.07, 6.45) is 0. The molecule has 0 saturated carbocycles. The molecular formula is C22H25N3O3S. The maximum atomic E-state index is 12.8. The van der Waals surface area contributed by atoms with Gasteiger partial charge in [-0.05, 0) is 43.7 Å². The number of hydrogen-bond acceptors (Lipinski definition) is 3. The van der Waals surface area contributed by atoms with E-state index in [0.717, 1.165) is 17.1 Å². The molecule has 0 fully saturated rings. The minimum atomic E-state index is -3.59. The third kappa shape index (κ3) is 4.11. The van der Waals surface area contributed by atoms with Gasteiger partial charge < -0.3 is 9.88 Å². The predicted molar refractivity (Wildman–Crippen MR) is 114 cm³/mol. The highest BCUT2D eigenvalue weighted by Gasteiger charge is 2.22. The molecular weight excluding hydrogens is 386 g/mol. The second-order valence-corrected chi connectivity index (χ2v) is 9.15. The zero-order valence-corrected chi connectivity index (χ0v) is 17.8. The first-order valence-corrected chi connectivity index (χ1v) is 10.7. The normalized spacial score (nSPS) is 11.6. The first kappa shape index (κ1) is 20.8. The number of rotatable bonds is 6. The fraction of sp³-hybridized carbons (Fsp3) is 0.227. The van der Waals surface area contributed by atoms with E-state index in [1.165, 1.54) is 18.4 Å². The van der Waals surface area contributed by atoms with E-state index in [1.807, 2.05) is 54.8 Å². The number of sulfonamides is 1. The van der Waals surface area contributed by atoms with Crippen LogP contribution in [0.25, 0.3) is 5.69 Å². The first-order valence-electron chi connectivity index (χ1n) is 9.26. The molecule has 0 bridgehead atoms. The van der Waals surface area contributed by atoms with Gasteiger partial charge in [0.2, 0.25) is 10.0 Å². The van der Waals surface area contributed by atoms with Crippen molar-refractivity contribution in [2.45, 2.75) is 25.3 Å². The molecule has 3 aromatic rings. The van der Waals surface area contributed by atoms with Crippen LogP contribution >= 0.6 is 0 Å². The molecule has 0 aliphatic heterocycles. The SMILES string of the molecule is Cc1cc(C(=O)NCc2ccccc2S(=O)(=O)N(C)C)c(C)n1-c1ccccc1. The molecule has 152 valence electrons. The van der Waals surface area contributed by atoms with Gasteiger partial charge in [-0.15, -0.1) is 0 Å². The van der Waals surface area contributed by atoms with Crippen molar-refractivity contribution < 1.29 is 13.2 Å². The van der Waals surface area contributed by atoms with E-state index in [4.69, 9.17) is 0 Å². The number of hydrogen-bond donors (Lipinski definition) is 1. The van der Waals surface area contributed by atoms with Crippen molar-refractivity contribution >= 4 is 15.9 Å². The maximum Gasteiger partial charge on any atom is 0.253 e. The van der Waals surface area contributed by atoms with Gasteiger partial charge >= 0.3 is 0 Å². The van der Waals surface area contributed by atoms with Crippen LogP contribution in [-0.2, 0) is 16.6 Å². The Bertz CT molecular complexity index is 1130. The molecule has 0 spiro atoms. The Kier molecular flexibility index (Phi) is 5.91. The summed E-state index contributed by atoms with van der Waals surface area (Å²) in [6, 6.07) is 18.4. The number of para-hydroxylation sites is 1. The number of amides is 1. The number of aromatic nitrogens is 1. The summed E-state index contributed by atoms with van der Waals surface area (Å²) in [4.78, 5) is 13.0. The van der Waals surface area contributed by atoms with Crippen LogP contribution in [0.1, 0.15) is 27.3 Å². The smallest absolute Gasteiger partial charge is 0.253 e. The van der Waals surface area contributed by atoms with Crippen molar-refractivity contribution in [2.75, 3.05) is 14.1 Å². The number of benzene rings is 2. The lowest BCUT2D eigenvalue weighted by molar-refractivity contribution is 0.0950. The zero-order valence-electron chi connectivity index (χ0n) is 17.0. The lowest BCUT2D eigenvalue weighted by Crippen LogP contribution is -2.27. The van der Waals surface area contributed by atoms with Gasteiger partial charge in [-0.1, -0.05) is 36.4 Å². The van der Waals surface area contributed by atoms with E-state index in [1.54, 1.807) is 24.3 Å². The van der Waals surface area contributed by atoms with Crippen LogP contribution in [0.15, 0.2) is 65.6 Å². The van der Waals surface area contributed by atoms with E-state index in [2.05, 4.69) is 5.32 Å². The summed E-state index contributed by atoms with van der Waals surface area (Å²) in [6.45, 7) is 3.98. The van der Waals surface area contributed by atoms with Gasteiger partial charge in [-0.25, -0.2) is 12.7 Å². The summed E-state index contributed by atoms with van der Waals surface area (Å²) in [5.74, 6) is -0.239. The molecule has 0 saturated heterocycles. The quantitative estimate of drug-likeness (QED) is 0.677. The molecule has 1 N–H and O–H groups in total. The lowest BCUT2D eigenvalue weighted by Gasteiger charge is -2.15. The molecule has 0 aliphatic rings. The predicted octanol–water partition coefficient (Wildman–Crippen LogP) is 3.27. The first-order chi connectivity index (χ1) is 13.7. The van der Waals surface area contributed by atoms with Crippen LogP contribution in [0.5, 0.6) is 0 Å². The van der Waals surface area contributed by atoms with Crippen LogP contribution in [0.4, 0.5) is 0 Å². The molecule has 1 aromatic heterocycles. The number of nitrogens with one attached hydrogen (secondary N) is 1.